The number of hydrogen-bond donors (Lipinski definition) is 1. The smallest absolute Gasteiger partial charge is 0.306 e. The summed E-state index contributed by atoms with van der Waals surface area (Å²) >= 11 is 0. The Hall–Kier alpha value is -2.60. The van der Waals surface area contributed by atoms with E-state index in [1.165, 1.54) is 5.56 Å². The molecule has 0 bridgehead atoms. The molecule has 6 heteroatoms. The Bertz CT molecular complexity index is 726. The van der Waals surface area contributed by atoms with Crippen molar-refractivity contribution >= 4 is 11.9 Å². The Balaban J connectivity index is 1.64. The van der Waals surface area contributed by atoms with E-state index in [4.69, 9.17) is 9.84 Å². The van der Waals surface area contributed by atoms with Crippen LogP contribution in [0.4, 0.5) is 0 Å². The van der Waals surface area contributed by atoms with Gasteiger partial charge in [-0.3, -0.25) is 9.59 Å². The van der Waals surface area contributed by atoms with Crippen LogP contribution in [-0.4, -0.2) is 52.3 Å². The minimum Gasteiger partial charge on any atom is -0.481 e. The van der Waals surface area contributed by atoms with Crippen molar-refractivity contribution in [3.8, 4) is 0 Å². The van der Waals surface area contributed by atoms with Crippen LogP contribution in [0.5, 0.6) is 0 Å². The van der Waals surface area contributed by atoms with Crippen molar-refractivity contribution in [3.05, 3.63) is 59.9 Å². The van der Waals surface area contributed by atoms with Gasteiger partial charge in [0.05, 0.1) is 19.1 Å². The van der Waals surface area contributed by atoms with Crippen LogP contribution in [0.25, 0.3) is 0 Å². The predicted octanol–water partition coefficient (Wildman–Crippen LogP) is 2.05. The molecule has 1 amide bonds. The molecule has 1 aliphatic heterocycles. The maximum Gasteiger partial charge on any atom is 0.306 e. The fourth-order valence-electron chi connectivity index (χ4n) is 3.08. The summed E-state index contributed by atoms with van der Waals surface area (Å²) < 4.78 is 7.40. The zero-order valence-electron chi connectivity index (χ0n) is 14.0. The van der Waals surface area contributed by atoms with Crippen LogP contribution in [0, 0.1) is 0 Å². The summed E-state index contributed by atoms with van der Waals surface area (Å²) in [6, 6.07) is 13.8. The lowest BCUT2D eigenvalue weighted by Gasteiger charge is -2.32. The number of carbonyl (C=O) groups excluding carboxylic acids is 1. The molecule has 0 spiro atoms. The number of carboxylic acid groups (broad SMARTS) is 1. The topological polar surface area (TPSA) is 71.8 Å². The highest BCUT2D eigenvalue weighted by molar-refractivity contribution is 5.93. The van der Waals surface area contributed by atoms with Crippen molar-refractivity contribution in [1.82, 2.24) is 9.47 Å². The fraction of sp³-hybridized carbons (Fsp3) is 0.368. The number of nitrogens with zero attached hydrogens (tertiary/aromatic N) is 2. The highest BCUT2D eigenvalue weighted by atomic mass is 16.5. The van der Waals surface area contributed by atoms with Crippen molar-refractivity contribution in [1.29, 1.82) is 0 Å². The summed E-state index contributed by atoms with van der Waals surface area (Å²) in [6.07, 6.45) is 2.23. The number of morpholine rings is 1. The molecule has 2 heterocycles. The summed E-state index contributed by atoms with van der Waals surface area (Å²) in [6.45, 7) is 1.89. The van der Waals surface area contributed by atoms with E-state index in [9.17, 15) is 9.59 Å². The number of aryl methyl sites for hydroxylation is 2. The zero-order chi connectivity index (χ0) is 17.6. The third-order valence-electron chi connectivity index (χ3n) is 4.36. The van der Waals surface area contributed by atoms with Crippen LogP contribution in [0.15, 0.2) is 48.7 Å². The van der Waals surface area contributed by atoms with Gasteiger partial charge < -0.3 is 19.3 Å². The van der Waals surface area contributed by atoms with E-state index >= 15 is 0 Å². The second-order valence-corrected chi connectivity index (χ2v) is 6.16. The first-order valence-electron chi connectivity index (χ1n) is 8.45. The Kier molecular flexibility index (Phi) is 5.50. The van der Waals surface area contributed by atoms with Gasteiger partial charge in [0.15, 0.2) is 0 Å². The number of rotatable bonds is 6. The van der Waals surface area contributed by atoms with Crippen molar-refractivity contribution in [2.75, 3.05) is 19.7 Å². The minimum absolute atomic E-state index is 0.0725. The molecular weight excluding hydrogens is 320 g/mol. The quantitative estimate of drug-likeness (QED) is 0.872. The second kappa shape index (κ2) is 7.98. The van der Waals surface area contributed by atoms with Gasteiger partial charge in [-0.15, -0.1) is 0 Å². The average Bonchev–Trinajstić information content (AvgIpc) is 3.08. The third-order valence-corrected chi connectivity index (χ3v) is 4.36. The first-order valence-corrected chi connectivity index (χ1v) is 8.45. The molecule has 25 heavy (non-hydrogen) atoms. The molecule has 132 valence electrons. The first kappa shape index (κ1) is 17.2. The van der Waals surface area contributed by atoms with Gasteiger partial charge >= 0.3 is 5.97 Å². The molecule has 1 aromatic heterocycles. The molecule has 1 saturated heterocycles. The van der Waals surface area contributed by atoms with E-state index in [0.29, 0.717) is 25.4 Å². The summed E-state index contributed by atoms with van der Waals surface area (Å²) in [5.41, 5.74) is 1.86. The van der Waals surface area contributed by atoms with Crippen LogP contribution in [0.1, 0.15) is 22.5 Å². The number of hydrogen-bond acceptors (Lipinski definition) is 3. The van der Waals surface area contributed by atoms with Crippen LogP contribution in [-0.2, 0) is 22.5 Å². The van der Waals surface area contributed by atoms with Gasteiger partial charge in [0, 0.05) is 25.8 Å². The molecule has 3 rings (SSSR count). The average molecular weight is 342 g/mol. The van der Waals surface area contributed by atoms with Crippen molar-refractivity contribution in [2.45, 2.75) is 25.5 Å². The van der Waals surface area contributed by atoms with Gasteiger partial charge in [-0.1, -0.05) is 30.3 Å². The summed E-state index contributed by atoms with van der Waals surface area (Å²) in [5.74, 6) is -0.984. The Morgan fingerprint density at radius 3 is 2.72 bits per heavy atom. The molecule has 2 aromatic rings. The lowest BCUT2D eigenvalue weighted by molar-refractivity contribution is -0.141. The number of aromatic nitrogens is 1. The SMILES string of the molecule is O=C(O)C[C@H]1CN(C(=O)c2cccn2CCc2ccccc2)CCO1. The van der Waals surface area contributed by atoms with Gasteiger partial charge in [0.1, 0.15) is 5.69 Å². The fourth-order valence-corrected chi connectivity index (χ4v) is 3.08. The lowest BCUT2D eigenvalue weighted by atomic mass is 10.1. The van der Waals surface area contributed by atoms with E-state index < -0.39 is 12.1 Å². The van der Waals surface area contributed by atoms with Crippen LogP contribution in [0.3, 0.4) is 0 Å². The van der Waals surface area contributed by atoms with Crippen LogP contribution >= 0.6 is 0 Å². The number of benzene rings is 1. The molecule has 0 radical (unpaired) electrons. The first-order chi connectivity index (χ1) is 12.1. The normalized spacial score (nSPS) is 17.4. The molecule has 0 saturated carbocycles. The van der Waals surface area contributed by atoms with E-state index in [0.717, 1.165) is 13.0 Å². The number of amides is 1. The van der Waals surface area contributed by atoms with Gasteiger partial charge in [0.2, 0.25) is 0 Å². The zero-order valence-corrected chi connectivity index (χ0v) is 14.0. The Labute approximate surface area is 146 Å². The summed E-state index contributed by atoms with van der Waals surface area (Å²) in [5, 5.41) is 8.91. The monoisotopic (exact) mass is 342 g/mol. The lowest BCUT2D eigenvalue weighted by Crippen LogP contribution is -2.46. The van der Waals surface area contributed by atoms with E-state index in [1.54, 1.807) is 4.90 Å². The minimum atomic E-state index is -0.912. The number of carboxylic acids is 1. The highest BCUT2D eigenvalue weighted by Crippen LogP contribution is 2.14. The molecule has 0 aliphatic carbocycles. The van der Waals surface area contributed by atoms with E-state index in [-0.39, 0.29) is 12.3 Å². The molecule has 6 nitrogen and oxygen atoms in total. The molecule has 1 aliphatic rings. The van der Waals surface area contributed by atoms with Gasteiger partial charge in [-0.05, 0) is 24.1 Å². The number of carbonyl (C=O) groups is 2. The molecule has 1 aromatic carbocycles. The summed E-state index contributed by atoms with van der Waals surface area (Å²) in [7, 11) is 0. The van der Waals surface area contributed by atoms with Gasteiger partial charge in [0.25, 0.3) is 5.91 Å². The maximum absolute atomic E-state index is 12.8. The highest BCUT2D eigenvalue weighted by Gasteiger charge is 2.27. The second-order valence-electron chi connectivity index (χ2n) is 6.16. The van der Waals surface area contributed by atoms with Gasteiger partial charge in [-0.25, -0.2) is 0 Å². The Morgan fingerprint density at radius 1 is 1.16 bits per heavy atom. The standard InChI is InChI=1S/C19H22N2O4/c22-18(23)13-16-14-21(11-12-25-16)19(24)17-7-4-9-20(17)10-8-15-5-2-1-3-6-15/h1-7,9,16H,8,10-14H2,(H,22,23)/t16-/m0/s1. The maximum atomic E-state index is 12.8. The molecule has 1 N–H and O–H groups in total. The molecule has 1 fully saturated rings. The predicted molar refractivity (Wildman–Crippen MR) is 92.5 cm³/mol. The van der Waals surface area contributed by atoms with Crippen LogP contribution < -0.4 is 0 Å². The largest absolute Gasteiger partial charge is 0.481 e. The number of aliphatic carboxylic acids is 1. The van der Waals surface area contributed by atoms with Crippen LogP contribution in [0.2, 0.25) is 0 Å². The van der Waals surface area contributed by atoms with Crippen molar-refractivity contribution < 1.29 is 19.4 Å². The summed E-state index contributed by atoms with van der Waals surface area (Å²) in [4.78, 5) is 25.4. The third kappa shape index (κ3) is 4.48. The Morgan fingerprint density at radius 2 is 1.96 bits per heavy atom. The van der Waals surface area contributed by atoms with Crippen molar-refractivity contribution in [3.63, 3.8) is 0 Å². The van der Waals surface area contributed by atoms with E-state index in [2.05, 4.69) is 12.1 Å². The molecule has 1 atom stereocenters. The van der Waals surface area contributed by atoms with Gasteiger partial charge in [-0.2, -0.15) is 0 Å². The van der Waals surface area contributed by atoms with E-state index in [1.807, 2.05) is 41.1 Å². The molecular formula is C19H22N2O4. The number of ether oxygens (including phenoxy) is 1. The molecule has 0 unspecified atom stereocenters. The van der Waals surface area contributed by atoms with Crippen molar-refractivity contribution in [2.24, 2.45) is 0 Å².